The van der Waals surface area contributed by atoms with Crippen molar-refractivity contribution in [1.82, 2.24) is 4.90 Å². The number of hydrogen-bond acceptors (Lipinski definition) is 5. The molecular weight excluding hydrogens is 270 g/mol. The van der Waals surface area contributed by atoms with E-state index in [1.54, 1.807) is 6.07 Å². The summed E-state index contributed by atoms with van der Waals surface area (Å²) in [6, 6.07) is 5.73. The van der Waals surface area contributed by atoms with Crippen molar-refractivity contribution in [2.75, 3.05) is 24.5 Å². The Kier molecular flexibility index (Phi) is 3.82. The zero-order valence-corrected chi connectivity index (χ0v) is 12.2. The predicted molar refractivity (Wildman–Crippen MR) is 80.4 cm³/mol. The Hall–Kier alpha value is -1.66. The van der Waals surface area contributed by atoms with Gasteiger partial charge in [-0.15, -0.1) is 0 Å². The third kappa shape index (κ3) is 2.61. The van der Waals surface area contributed by atoms with Gasteiger partial charge in [-0.1, -0.05) is 0 Å². The van der Waals surface area contributed by atoms with E-state index in [0.717, 1.165) is 18.8 Å². The average molecular weight is 291 g/mol. The number of aliphatic hydroxyl groups excluding tert-OH is 1. The van der Waals surface area contributed by atoms with Crippen LogP contribution >= 0.6 is 0 Å². The van der Waals surface area contributed by atoms with Crippen molar-refractivity contribution in [2.45, 2.75) is 38.5 Å². The van der Waals surface area contributed by atoms with Gasteiger partial charge in [0.05, 0.1) is 11.5 Å². The second-order valence-corrected chi connectivity index (χ2v) is 6.02. The van der Waals surface area contributed by atoms with E-state index in [1.807, 2.05) is 0 Å². The molecule has 2 fully saturated rings. The summed E-state index contributed by atoms with van der Waals surface area (Å²) >= 11 is 0. The van der Waals surface area contributed by atoms with Crippen LogP contribution < -0.4 is 4.90 Å². The summed E-state index contributed by atoms with van der Waals surface area (Å²) in [4.78, 5) is 15.3. The third-order valence-corrected chi connectivity index (χ3v) is 4.69. The van der Waals surface area contributed by atoms with E-state index in [9.17, 15) is 15.2 Å². The van der Waals surface area contributed by atoms with Crippen molar-refractivity contribution in [1.29, 1.82) is 0 Å². The lowest BCUT2D eigenvalue weighted by atomic mass is 10.0. The summed E-state index contributed by atoms with van der Waals surface area (Å²) in [6.07, 6.45) is 2.46. The van der Waals surface area contributed by atoms with Crippen molar-refractivity contribution < 1.29 is 10.0 Å². The molecule has 6 heteroatoms. The largest absolute Gasteiger partial charge is 0.392 e. The first-order valence-electron chi connectivity index (χ1n) is 7.49. The van der Waals surface area contributed by atoms with Gasteiger partial charge in [-0.05, 0) is 32.4 Å². The molecule has 0 radical (unpaired) electrons. The highest BCUT2D eigenvalue weighted by Crippen LogP contribution is 2.32. The number of fused-ring (bicyclic) bond motifs is 1. The zero-order chi connectivity index (χ0) is 15.0. The molecule has 2 aliphatic rings. The molecule has 0 amide bonds. The minimum absolute atomic E-state index is 0.0370. The summed E-state index contributed by atoms with van der Waals surface area (Å²) in [7, 11) is 0. The number of piperazine rings is 1. The molecule has 1 aromatic rings. The normalized spacial score (nSPS) is 25.9. The summed E-state index contributed by atoms with van der Waals surface area (Å²) in [6.45, 7) is 5.14. The van der Waals surface area contributed by atoms with Gasteiger partial charge in [0, 0.05) is 48.6 Å². The highest BCUT2D eigenvalue weighted by molar-refractivity contribution is 5.59. The van der Waals surface area contributed by atoms with Gasteiger partial charge in [-0.3, -0.25) is 15.0 Å². The van der Waals surface area contributed by atoms with Crippen LogP contribution in [0.15, 0.2) is 18.2 Å². The lowest BCUT2D eigenvalue weighted by Crippen LogP contribution is -2.55. The first-order chi connectivity index (χ1) is 10.1. The highest BCUT2D eigenvalue weighted by Gasteiger charge is 2.35. The fraction of sp³-hybridized carbons (Fsp3) is 0.600. The molecule has 1 aromatic carbocycles. The first-order valence-corrected chi connectivity index (χ1v) is 7.49. The van der Waals surface area contributed by atoms with Crippen molar-refractivity contribution in [2.24, 2.45) is 0 Å². The SMILES string of the molecule is CC1CN2CCCC2CN1c1ccc([N+](=O)[O-])cc1CO. The fourth-order valence-electron chi connectivity index (χ4n) is 3.62. The van der Waals surface area contributed by atoms with Crippen LogP contribution in [0.5, 0.6) is 0 Å². The molecule has 2 aliphatic heterocycles. The second-order valence-electron chi connectivity index (χ2n) is 6.02. The Morgan fingerprint density at radius 3 is 2.95 bits per heavy atom. The number of anilines is 1. The van der Waals surface area contributed by atoms with Gasteiger partial charge in [0.25, 0.3) is 5.69 Å². The average Bonchev–Trinajstić information content (AvgIpc) is 2.92. The summed E-state index contributed by atoms with van der Waals surface area (Å²) in [5.74, 6) is 0. The monoisotopic (exact) mass is 291 g/mol. The van der Waals surface area contributed by atoms with Gasteiger partial charge in [-0.2, -0.15) is 0 Å². The Balaban J connectivity index is 1.90. The van der Waals surface area contributed by atoms with E-state index in [0.29, 0.717) is 17.6 Å². The van der Waals surface area contributed by atoms with Gasteiger partial charge in [0.15, 0.2) is 0 Å². The molecule has 0 saturated carbocycles. The van der Waals surface area contributed by atoms with Crippen LogP contribution in [0.3, 0.4) is 0 Å². The van der Waals surface area contributed by atoms with Crippen LogP contribution in [0.25, 0.3) is 0 Å². The molecule has 2 atom stereocenters. The van der Waals surface area contributed by atoms with E-state index in [4.69, 9.17) is 0 Å². The van der Waals surface area contributed by atoms with Crippen LogP contribution in [0, 0.1) is 10.1 Å². The quantitative estimate of drug-likeness (QED) is 0.679. The molecule has 114 valence electrons. The topological polar surface area (TPSA) is 69.9 Å². The van der Waals surface area contributed by atoms with Gasteiger partial charge in [0.1, 0.15) is 0 Å². The van der Waals surface area contributed by atoms with E-state index in [1.165, 1.54) is 31.5 Å². The first kappa shape index (κ1) is 14.3. The number of nitro benzene ring substituents is 1. The minimum Gasteiger partial charge on any atom is -0.392 e. The van der Waals surface area contributed by atoms with Crippen molar-refractivity contribution in [3.8, 4) is 0 Å². The van der Waals surface area contributed by atoms with E-state index >= 15 is 0 Å². The van der Waals surface area contributed by atoms with Crippen molar-refractivity contribution >= 4 is 11.4 Å². The summed E-state index contributed by atoms with van der Waals surface area (Å²) < 4.78 is 0. The predicted octanol–water partition coefficient (Wildman–Crippen LogP) is 1.76. The third-order valence-electron chi connectivity index (χ3n) is 4.69. The molecule has 2 heterocycles. The highest BCUT2D eigenvalue weighted by atomic mass is 16.6. The Morgan fingerprint density at radius 1 is 1.43 bits per heavy atom. The summed E-state index contributed by atoms with van der Waals surface area (Å²) in [5.41, 5.74) is 1.61. The number of benzene rings is 1. The number of aliphatic hydroxyl groups is 1. The molecule has 0 aromatic heterocycles. The van der Waals surface area contributed by atoms with Gasteiger partial charge in [-0.25, -0.2) is 0 Å². The maximum atomic E-state index is 10.9. The molecule has 1 N–H and O–H groups in total. The Labute approximate surface area is 124 Å². The van der Waals surface area contributed by atoms with Gasteiger partial charge >= 0.3 is 0 Å². The molecular formula is C15H21N3O3. The Bertz CT molecular complexity index is 549. The number of hydrogen-bond donors (Lipinski definition) is 1. The van der Waals surface area contributed by atoms with Crippen molar-refractivity contribution in [3.05, 3.63) is 33.9 Å². The van der Waals surface area contributed by atoms with Crippen LogP contribution in [-0.4, -0.2) is 46.6 Å². The number of nitro groups is 1. The molecule has 2 unspecified atom stereocenters. The van der Waals surface area contributed by atoms with Gasteiger partial charge in [0.2, 0.25) is 0 Å². The molecule has 0 aliphatic carbocycles. The lowest BCUT2D eigenvalue weighted by molar-refractivity contribution is -0.384. The van der Waals surface area contributed by atoms with Crippen LogP contribution in [0.2, 0.25) is 0 Å². The van der Waals surface area contributed by atoms with E-state index in [-0.39, 0.29) is 12.3 Å². The lowest BCUT2D eigenvalue weighted by Gasteiger charge is -2.44. The number of non-ortho nitro benzene ring substituents is 1. The molecule has 6 nitrogen and oxygen atoms in total. The molecule has 21 heavy (non-hydrogen) atoms. The van der Waals surface area contributed by atoms with Crippen LogP contribution in [0.4, 0.5) is 11.4 Å². The molecule has 2 saturated heterocycles. The smallest absolute Gasteiger partial charge is 0.269 e. The fourth-order valence-corrected chi connectivity index (χ4v) is 3.62. The molecule has 0 spiro atoms. The molecule has 0 bridgehead atoms. The van der Waals surface area contributed by atoms with Crippen LogP contribution in [0.1, 0.15) is 25.3 Å². The zero-order valence-electron chi connectivity index (χ0n) is 12.2. The maximum Gasteiger partial charge on any atom is 0.269 e. The minimum atomic E-state index is -0.415. The number of rotatable bonds is 3. The maximum absolute atomic E-state index is 10.9. The number of nitrogens with zero attached hydrogens (tertiary/aromatic N) is 3. The van der Waals surface area contributed by atoms with Crippen molar-refractivity contribution in [3.63, 3.8) is 0 Å². The second kappa shape index (κ2) is 5.61. The Morgan fingerprint density at radius 2 is 2.24 bits per heavy atom. The van der Waals surface area contributed by atoms with E-state index in [2.05, 4.69) is 16.7 Å². The summed E-state index contributed by atoms with van der Waals surface area (Å²) in [5, 5.41) is 20.4. The standard InChI is InChI=1S/C15H21N3O3/c1-11-8-16-6-2-3-14(16)9-17(11)15-5-4-13(18(20)21)7-12(15)10-19/h4-5,7,11,14,19H,2-3,6,8-10H2,1H3. The van der Waals surface area contributed by atoms with Gasteiger partial charge < -0.3 is 10.0 Å². The molecule has 3 rings (SSSR count). The van der Waals surface area contributed by atoms with Crippen LogP contribution in [-0.2, 0) is 6.61 Å². The van der Waals surface area contributed by atoms with E-state index < -0.39 is 4.92 Å².